The highest BCUT2D eigenvalue weighted by Crippen LogP contribution is 2.59. The minimum absolute atomic E-state index is 0.320. The molecule has 0 aliphatic rings. The maximum atomic E-state index is 11.7. The van der Waals surface area contributed by atoms with Crippen molar-refractivity contribution in [3.05, 3.63) is 24.3 Å². The number of nitrogens with one attached hydrogen (secondary N) is 1. The van der Waals surface area contributed by atoms with Crippen LogP contribution in [0.15, 0.2) is 24.3 Å². The van der Waals surface area contributed by atoms with Gasteiger partial charge in [0.15, 0.2) is 0 Å². The molecular formula is C14H25NO6P2. The van der Waals surface area contributed by atoms with Crippen LogP contribution in [0.5, 0.6) is 5.75 Å². The lowest BCUT2D eigenvalue weighted by molar-refractivity contribution is 0.305. The second kappa shape index (κ2) is 8.86. The van der Waals surface area contributed by atoms with Gasteiger partial charge in [0.1, 0.15) is 5.75 Å². The first-order chi connectivity index (χ1) is 10.6. The molecule has 4 N–H and O–H groups in total. The van der Waals surface area contributed by atoms with Crippen LogP contribution < -0.4 is 10.1 Å². The van der Waals surface area contributed by atoms with Gasteiger partial charge in [-0.05, 0) is 18.6 Å². The molecule has 23 heavy (non-hydrogen) atoms. The van der Waals surface area contributed by atoms with Gasteiger partial charge in [-0.1, -0.05) is 32.3 Å². The maximum absolute atomic E-state index is 11.7. The Labute approximate surface area is 136 Å². The Morgan fingerprint density at radius 3 is 2.43 bits per heavy atom. The zero-order valence-electron chi connectivity index (χ0n) is 13.4. The first kappa shape index (κ1) is 20.2. The molecule has 0 aliphatic heterocycles. The van der Waals surface area contributed by atoms with Crippen molar-refractivity contribution >= 4 is 20.7 Å². The number of anilines is 1. The molecule has 132 valence electrons. The second-order valence-corrected chi connectivity index (χ2v) is 9.99. The standard InChI is InChI=1S/C14H25NO6P2/c1-3-4-5-6-10-21-13-9-7-8-12(11-13)15-14(22(2,16)17)23(18,19)20/h7-9,11,14-15H,3-6,10H2,1-2H3,(H,16,17)(H2,18,19,20). The number of benzene rings is 1. The van der Waals surface area contributed by atoms with E-state index in [-0.39, 0.29) is 0 Å². The molecule has 0 bridgehead atoms. The summed E-state index contributed by atoms with van der Waals surface area (Å²) in [6, 6.07) is 6.49. The van der Waals surface area contributed by atoms with Gasteiger partial charge in [0.05, 0.1) is 6.61 Å². The molecule has 0 fully saturated rings. The van der Waals surface area contributed by atoms with E-state index in [2.05, 4.69) is 12.2 Å². The Morgan fingerprint density at radius 1 is 1.17 bits per heavy atom. The third kappa shape index (κ3) is 7.51. The van der Waals surface area contributed by atoms with Gasteiger partial charge in [-0.2, -0.15) is 0 Å². The van der Waals surface area contributed by atoms with Crippen molar-refractivity contribution in [1.82, 2.24) is 0 Å². The molecule has 9 heteroatoms. The zero-order chi connectivity index (χ0) is 17.5. The molecule has 1 aromatic rings. The highest BCUT2D eigenvalue weighted by atomic mass is 31.2. The number of ether oxygens (including phenoxy) is 1. The summed E-state index contributed by atoms with van der Waals surface area (Å²) in [5.41, 5.74) is -1.52. The molecule has 0 aliphatic carbocycles. The summed E-state index contributed by atoms with van der Waals surface area (Å²) >= 11 is 0. The quantitative estimate of drug-likeness (QED) is 0.371. The van der Waals surface area contributed by atoms with Gasteiger partial charge in [-0.25, -0.2) is 0 Å². The van der Waals surface area contributed by atoms with Crippen LogP contribution >= 0.6 is 15.0 Å². The van der Waals surface area contributed by atoms with Gasteiger partial charge in [-0.15, -0.1) is 0 Å². The molecule has 7 nitrogen and oxygen atoms in total. The van der Waals surface area contributed by atoms with Crippen LogP contribution in [-0.4, -0.2) is 33.5 Å². The minimum Gasteiger partial charge on any atom is -0.494 e. The molecule has 0 aromatic heterocycles. The summed E-state index contributed by atoms with van der Waals surface area (Å²) in [7, 11) is -8.80. The predicted molar refractivity (Wildman–Crippen MR) is 91.3 cm³/mol. The van der Waals surface area contributed by atoms with Crippen LogP contribution in [0.25, 0.3) is 0 Å². The van der Waals surface area contributed by atoms with Gasteiger partial charge in [0.25, 0.3) is 0 Å². The van der Waals surface area contributed by atoms with Crippen molar-refractivity contribution in [3.63, 3.8) is 0 Å². The van der Waals surface area contributed by atoms with Crippen molar-refractivity contribution < 1.29 is 28.5 Å². The molecule has 0 radical (unpaired) electrons. The van der Waals surface area contributed by atoms with Gasteiger partial charge in [0, 0.05) is 18.4 Å². The molecule has 0 spiro atoms. The molecule has 0 heterocycles. The van der Waals surface area contributed by atoms with E-state index in [9.17, 15) is 23.8 Å². The summed E-state index contributed by atoms with van der Waals surface area (Å²) < 4.78 is 28.7. The lowest BCUT2D eigenvalue weighted by Crippen LogP contribution is -2.19. The highest BCUT2D eigenvalue weighted by molar-refractivity contribution is 7.73. The first-order valence-electron chi connectivity index (χ1n) is 7.49. The van der Waals surface area contributed by atoms with E-state index in [1.807, 2.05) is 0 Å². The van der Waals surface area contributed by atoms with Crippen molar-refractivity contribution in [2.45, 2.75) is 38.1 Å². The Balaban J connectivity index is 2.72. The van der Waals surface area contributed by atoms with E-state index < -0.39 is 20.5 Å². The van der Waals surface area contributed by atoms with Crippen LogP contribution in [0.3, 0.4) is 0 Å². The number of rotatable bonds is 10. The Hall–Kier alpha value is -0.840. The van der Waals surface area contributed by atoms with Crippen molar-refractivity contribution in [2.75, 3.05) is 18.6 Å². The molecule has 0 saturated carbocycles. The number of unbranched alkanes of at least 4 members (excludes halogenated alkanes) is 3. The highest BCUT2D eigenvalue weighted by Gasteiger charge is 2.40. The summed E-state index contributed by atoms with van der Waals surface area (Å²) in [6.07, 6.45) is 4.30. The Kier molecular flexibility index (Phi) is 7.78. The van der Waals surface area contributed by atoms with E-state index in [4.69, 9.17) is 4.74 Å². The minimum atomic E-state index is -4.78. The summed E-state index contributed by atoms with van der Waals surface area (Å²) in [4.78, 5) is 28.0. The molecule has 1 aromatic carbocycles. The molecule has 2 atom stereocenters. The largest absolute Gasteiger partial charge is 0.494 e. The third-order valence-corrected chi connectivity index (χ3v) is 7.16. The summed E-state index contributed by atoms with van der Waals surface area (Å²) in [5.74, 6) is 0.542. The Morgan fingerprint density at radius 2 is 1.87 bits per heavy atom. The predicted octanol–water partition coefficient (Wildman–Crippen LogP) is 3.42. The van der Waals surface area contributed by atoms with E-state index in [0.717, 1.165) is 32.3 Å². The monoisotopic (exact) mass is 365 g/mol. The van der Waals surface area contributed by atoms with E-state index in [1.165, 1.54) is 0 Å². The molecule has 2 unspecified atom stereocenters. The number of hydrogen-bond donors (Lipinski definition) is 4. The summed E-state index contributed by atoms with van der Waals surface area (Å²) in [6.45, 7) is 3.59. The molecule has 0 amide bonds. The van der Waals surface area contributed by atoms with Crippen molar-refractivity contribution in [1.29, 1.82) is 0 Å². The van der Waals surface area contributed by atoms with Crippen molar-refractivity contribution in [3.8, 4) is 5.75 Å². The topological polar surface area (TPSA) is 116 Å². The van der Waals surface area contributed by atoms with Crippen LogP contribution in [0.4, 0.5) is 5.69 Å². The smallest absolute Gasteiger partial charge is 0.357 e. The molecule has 0 saturated heterocycles. The van der Waals surface area contributed by atoms with Gasteiger partial charge >= 0.3 is 7.60 Å². The van der Waals surface area contributed by atoms with Crippen LogP contribution in [-0.2, 0) is 9.13 Å². The van der Waals surface area contributed by atoms with E-state index in [1.54, 1.807) is 24.3 Å². The van der Waals surface area contributed by atoms with Crippen molar-refractivity contribution in [2.24, 2.45) is 0 Å². The van der Waals surface area contributed by atoms with Crippen LogP contribution in [0.1, 0.15) is 32.6 Å². The summed E-state index contributed by atoms with van der Waals surface area (Å²) in [5, 5.41) is 2.45. The molecular weight excluding hydrogens is 340 g/mol. The van der Waals surface area contributed by atoms with Gasteiger partial charge in [-0.3, -0.25) is 9.13 Å². The average molecular weight is 365 g/mol. The van der Waals surface area contributed by atoms with E-state index >= 15 is 0 Å². The fourth-order valence-electron chi connectivity index (χ4n) is 2.03. The Bertz CT molecular complexity index is 560. The average Bonchev–Trinajstić information content (AvgIpc) is 2.43. The van der Waals surface area contributed by atoms with E-state index in [0.29, 0.717) is 18.0 Å². The van der Waals surface area contributed by atoms with Gasteiger partial charge < -0.3 is 24.7 Å². The SMILES string of the molecule is CCCCCCOc1cccc(NC(P(C)(=O)O)P(=O)(O)O)c1. The lowest BCUT2D eigenvalue weighted by atomic mass is 10.2. The zero-order valence-corrected chi connectivity index (χ0v) is 15.2. The third-order valence-electron chi connectivity index (χ3n) is 3.17. The normalized spacial score (nSPS) is 15.7. The second-order valence-electron chi connectivity index (χ2n) is 5.49. The first-order valence-corrected chi connectivity index (χ1v) is 11.3. The number of hydrogen-bond acceptors (Lipinski definition) is 4. The fraction of sp³-hybridized carbons (Fsp3) is 0.571. The fourth-order valence-corrected chi connectivity index (χ4v) is 4.97. The lowest BCUT2D eigenvalue weighted by Gasteiger charge is -2.23. The molecule has 1 rings (SSSR count). The van der Waals surface area contributed by atoms with Crippen LogP contribution in [0, 0.1) is 0 Å². The van der Waals surface area contributed by atoms with Gasteiger partial charge in [0.2, 0.25) is 12.9 Å². The van der Waals surface area contributed by atoms with Crippen LogP contribution in [0.2, 0.25) is 0 Å². The maximum Gasteiger partial charge on any atom is 0.357 e.